The van der Waals surface area contributed by atoms with E-state index in [2.05, 4.69) is 16.0 Å². The predicted molar refractivity (Wildman–Crippen MR) is 307 cm³/mol. The van der Waals surface area contributed by atoms with E-state index in [4.69, 9.17) is 14.2 Å². The Morgan fingerprint density at radius 1 is 0.571 bits per heavy atom. The standard InChI is InChI=1S/C57H91N11O16/c1-37(2)53(60-44(69)18-16-15-17-23-68-47(72)28-39(5)56(68)80)55(79)58-40(6)54(78)59-43-20-19-41(36-84-57(81)38(3)4)42(29-43)30-62(9)45(70)21-24-82-26-27-83-25-22-46(71)63(10)32-49(74)65(12)34-51(76)67(14)35-52(77)66(13)33-50(75)64(11)31-48(73)61(7)8/h19-20,29,37-40,53H,15-18,21-28,30-36H2,1-14H3,(H,58,79)(H,59,78)(H,60,69)/t39?,40-,53-/m0/s1. The van der Waals surface area contributed by atoms with Gasteiger partial charge < -0.3 is 64.5 Å². The maximum Gasteiger partial charge on any atom is 0.308 e. The molecule has 1 aliphatic heterocycles. The first-order valence-electron chi connectivity index (χ1n) is 28.2. The number of hydrogen-bond acceptors (Lipinski definition) is 16. The molecule has 1 unspecified atom stereocenters. The third-order valence-electron chi connectivity index (χ3n) is 13.7. The Kier molecular flexibility index (Phi) is 31.3. The molecule has 1 aromatic carbocycles. The van der Waals surface area contributed by atoms with Crippen LogP contribution in [0.1, 0.15) is 97.6 Å². The molecule has 0 radical (unpaired) electrons. The second-order valence-corrected chi connectivity index (χ2v) is 22.1. The summed E-state index contributed by atoms with van der Waals surface area (Å²) in [5, 5.41) is 8.23. The Bertz CT molecular complexity index is 2490. The molecule has 1 fully saturated rings. The monoisotopic (exact) mass is 1190 g/mol. The van der Waals surface area contributed by atoms with Crippen molar-refractivity contribution in [2.75, 3.05) is 127 Å². The van der Waals surface area contributed by atoms with Gasteiger partial charge in [0.2, 0.25) is 70.9 Å². The molecule has 0 aliphatic carbocycles. The molecular formula is C57H91N11O16. The molecule has 3 atom stereocenters. The Morgan fingerprint density at radius 2 is 1.06 bits per heavy atom. The normalized spacial score (nSPS) is 13.6. The van der Waals surface area contributed by atoms with E-state index < -0.39 is 59.4 Å². The van der Waals surface area contributed by atoms with Gasteiger partial charge in [-0.1, -0.05) is 47.1 Å². The first kappa shape index (κ1) is 72.6. The van der Waals surface area contributed by atoms with Crippen molar-refractivity contribution < 1.29 is 76.5 Å². The van der Waals surface area contributed by atoms with Crippen molar-refractivity contribution in [2.45, 2.75) is 112 Å². The van der Waals surface area contributed by atoms with Crippen LogP contribution < -0.4 is 16.0 Å². The minimum absolute atomic E-state index is 0.00387. The van der Waals surface area contributed by atoms with Gasteiger partial charge in [0, 0.05) is 93.9 Å². The second kappa shape index (κ2) is 36.2. The van der Waals surface area contributed by atoms with Crippen molar-refractivity contribution in [3.05, 3.63) is 29.3 Å². The quantitative estimate of drug-likeness (QED) is 0.0455. The zero-order valence-corrected chi connectivity index (χ0v) is 51.7. The summed E-state index contributed by atoms with van der Waals surface area (Å²) in [6, 6.07) is 2.95. The van der Waals surface area contributed by atoms with Gasteiger partial charge in [-0.25, -0.2) is 0 Å². The van der Waals surface area contributed by atoms with Gasteiger partial charge in [-0.15, -0.1) is 0 Å². The number of imide groups is 1. The van der Waals surface area contributed by atoms with Crippen LogP contribution in [0.15, 0.2) is 18.2 Å². The number of carbonyl (C=O) groups excluding carboxylic acids is 13. The lowest BCUT2D eigenvalue weighted by Gasteiger charge is -2.26. The zero-order valence-electron chi connectivity index (χ0n) is 51.7. The maximum atomic E-state index is 13.4. The van der Waals surface area contributed by atoms with E-state index in [1.165, 1.54) is 66.7 Å². The number of carbonyl (C=O) groups is 13. The Labute approximate surface area is 493 Å². The number of unbranched alkanes of at least 4 members (excludes halogenated alkanes) is 2. The summed E-state index contributed by atoms with van der Waals surface area (Å²) in [5.74, 6) is -6.33. The van der Waals surface area contributed by atoms with E-state index in [0.29, 0.717) is 42.6 Å². The van der Waals surface area contributed by atoms with Crippen LogP contribution in [0, 0.1) is 17.8 Å². The molecule has 27 heteroatoms. The van der Waals surface area contributed by atoms with Crippen LogP contribution in [-0.4, -0.2) is 250 Å². The molecule has 470 valence electrons. The van der Waals surface area contributed by atoms with Gasteiger partial charge in [-0.05, 0) is 48.9 Å². The third kappa shape index (κ3) is 25.5. The minimum atomic E-state index is -1.03. The van der Waals surface area contributed by atoms with Gasteiger partial charge in [0.1, 0.15) is 18.7 Å². The molecule has 1 aliphatic rings. The summed E-state index contributed by atoms with van der Waals surface area (Å²) < 4.78 is 16.6. The summed E-state index contributed by atoms with van der Waals surface area (Å²) in [6.45, 7) is 9.15. The molecule has 1 heterocycles. The summed E-state index contributed by atoms with van der Waals surface area (Å²) in [7, 11) is 11.7. The highest BCUT2D eigenvalue weighted by molar-refractivity contribution is 6.03. The predicted octanol–water partition coefficient (Wildman–Crippen LogP) is 0.0772. The number of likely N-dealkylation sites (N-methyl/N-ethyl adjacent to an activating group) is 6. The molecular weight excluding hydrogens is 1090 g/mol. The third-order valence-corrected chi connectivity index (χ3v) is 13.7. The Hall–Kier alpha value is -7.55. The second-order valence-electron chi connectivity index (χ2n) is 22.1. The van der Waals surface area contributed by atoms with E-state index in [1.54, 1.807) is 74.0 Å². The summed E-state index contributed by atoms with van der Waals surface area (Å²) in [4.78, 5) is 175. The van der Waals surface area contributed by atoms with Crippen LogP contribution in [0.3, 0.4) is 0 Å². The topological polar surface area (TPSA) is 312 Å². The first-order valence-corrected chi connectivity index (χ1v) is 28.2. The number of rotatable bonds is 36. The number of likely N-dealkylation sites (tertiary alicyclic amines) is 1. The summed E-state index contributed by atoms with van der Waals surface area (Å²) >= 11 is 0. The van der Waals surface area contributed by atoms with Crippen LogP contribution in [0.2, 0.25) is 0 Å². The molecule has 2 rings (SSSR count). The molecule has 27 nitrogen and oxygen atoms in total. The van der Waals surface area contributed by atoms with Crippen molar-refractivity contribution in [1.29, 1.82) is 0 Å². The fourth-order valence-corrected chi connectivity index (χ4v) is 7.97. The van der Waals surface area contributed by atoms with Crippen LogP contribution >= 0.6 is 0 Å². The van der Waals surface area contributed by atoms with Gasteiger partial charge in [0.15, 0.2) is 0 Å². The SMILES string of the molecule is CC(C)C(=O)OCc1ccc(NC(=O)[C@H](C)NC(=O)[C@@H](NC(=O)CCCCCN2C(=O)CC(C)C2=O)C(C)C)cc1CN(C)C(=O)CCOCCOCCC(=O)N(C)CC(=O)N(C)CC(=O)N(C)CC(=O)N(C)CC(=O)N(C)CC(=O)N(C)C. The largest absolute Gasteiger partial charge is 0.461 e. The lowest BCUT2D eigenvalue weighted by Crippen LogP contribution is -2.53. The van der Waals surface area contributed by atoms with Gasteiger partial charge in [-0.3, -0.25) is 67.2 Å². The molecule has 0 aromatic heterocycles. The lowest BCUT2D eigenvalue weighted by atomic mass is 10.0. The van der Waals surface area contributed by atoms with Gasteiger partial charge in [-0.2, -0.15) is 0 Å². The molecule has 84 heavy (non-hydrogen) atoms. The van der Waals surface area contributed by atoms with Crippen LogP contribution in [0.25, 0.3) is 0 Å². The van der Waals surface area contributed by atoms with Crippen molar-refractivity contribution in [3.63, 3.8) is 0 Å². The van der Waals surface area contributed by atoms with E-state index in [0.717, 1.165) is 14.7 Å². The van der Waals surface area contributed by atoms with Crippen LogP contribution in [0.5, 0.6) is 0 Å². The number of ether oxygens (including phenoxy) is 3. The van der Waals surface area contributed by atoms with E-state index in [9.17, 15) is 62.3 Å². The highest BCUT2D eigenvalue weighted by Crippen LogP contribution is 2.22. The summed E-state index contributed by atoms with van der Waals surface area (Å²) in [5.41, 5.74) is 1.50. The number of benzene rings is 1. The Balaban J connectivity index is 1.82. The number of nitrogens with one attached hydrogen (secondary N) is 3. The maximum absolute atomic E-state index is 13.4. The highest BCUT2D eigenvalue weighted by atomic mass is 16.5. The van der Waals surface area contributed by atoms with Crippen LogP contribution in [0.4, 0.5) is 5.69 Å². The van der Waals surface area contributed by atoms with Gasteiger partial charge in [0.05, 0.1) is 77.9 Å². The number of amides is 12. The van der Waals surface area contributed by atoms with E-state index in [-0.39, 0.29) is 145 Å². The number of anilines is 1. The molecule has 1 saturated heterocycles. The number of hydrogen-bond donors (Lipinski definition) is 3. The molecule has 12 amide bonds. The van der Waals surface area contributed by atoms with Crippen molar-refractivity contribution in [2.24, 2.45) is 17.8 Å². The van der Waals surface area contributed by atoms with E-state index in [1.807, 2.05) is 0 Å². The minimum Gasteiger partial charge on any atom is -0.461 e. The lowest BCUT2D eigenvalue weighted by molar-refractivity contribution is -0.149. The molecule has 3 N–H and O–H groups in total. The van der Waals surface area contributed by atoms with Crippen molar-refractivity contribution in [3.8, 4) is 0 Å². The summed E-state index contributed by atoms with van der Waals surface area (Å²) in [6.07, 6.45) is 1.92. The average molecular weight is 1190 g/mol. The molecule has 0 bridgehead atoms. The van der Waals surface area contributed by atoms with Crippen molar-refractivity contribution >= 4 is 82.5 Å². The fraction of sp³-hybridized carbons (Fsp3) is 0.667. The molecule has 0 spiro atoms. The van der Waals surface area contributed by atoms with Gasteiger partial charge in [0.25, 0.3) is 0 Å². The molecule has 0 saturated carbocycles. The number of esters is 1. The first-order chi connectivity index (χ1) is 39.3. The van der Waals surface area contributed by atoms with Crippen molar-refractivity contribution in [1.82, 2.24) is 49.8 Å². The average Bonchev–Trinajstić information content (AvgIpc) is 3.71. The molecule has 1 aromatic rings. The smallest absolute Gasteiger partial charge is 0.308 e. The number of nitrogens with zero attached hydrogens (tertiary/aromatic N) is 8. The van der Waals surface area contributed by atoms with Crippen LogP contribution in [-0.2, 0) is 89.7 Å². The Morgan fingerprint density at radius 3 is 1.52 bits per heavy atom. The fourth-order valence-electron chi connectivity index (χ4n) is 7.97. The van der Waals surface area contributed by atoms with E-state index >= 15 is 0 Å². The highest BCUT2D eigenvalue weighted by Gasteiger charge is 2.35. The van der Waals surface area contributed by atoms with Gasteiger partial charge >= 0.3 is 5.97 Å². The zero-order chi connectivity index (χ0) is 63.5.